The monoisotopic (exact) mass is 254 g/mol. The van der Waals surface area contributed by atoms with Crippen LogP contribution in [0.4, 0.5) is 4.39 Å². The zero-order valence-electron chi connectivity index (χ0n) is 10.8. The van der Waals surface area contributed by atoms with Gasteiger partial charge < -0.3 is 10.0 Å². The standard InChI is InChI=1S/C13H19FN2O2/c1-3-16(6-7-17)9-10(2)13(18)12-5-4-11(14)8-15-12/h4-5,8,10,17H,3,6-7,9H2,1-2H3. The van der Waals surface area contributed by atoms with Gasteiger partial charge in [-0.1, -0.05) is 13.8 Å². The number of aromatic nitrogens is 1. The summed E-state index contributed by atoms with van der Waals surface area (Å²) in [7, 11) is 0. The summed E-state index contributed by atoms with van der Waals surface area (Å²) < 4.78 is 12.7. The van der Waals surface area contributed by atoms with Gasteiger partial charge in [-0.15, -0.1) is 0 Å². The third kappa shape index (κ3) is 4.16. The van der Waals surface area contributed by atoms with Crippen LogP contribution >= 0.6 is 0 Å². The Bertz CT molecular complexity index is 381. The van der Waals surface area contributed by atoms with E-state index in [9.17, 15) is 9.18 Å². The van der Waals surface area contributed by atoms with Crippen LogP contribution in [0.15, 0.2) is 18.3 Å². The number of halogens is 1. The van der Waals surface area contributed by atoms with Crippen molar-refractivity contribution in [3.8, 4) is 0 Å². The van der Waals surface area contributed by atoms with Crippen molar-refractivity contribution in [2.24, 2.45) is 5.92 Å². The Hall–Kier alpha value is -1.33. The Morgan fingerprint density at radius 3 is 2.78 bits per heavy atom. The lowest BCUT2D eigenvalue weighted by molar-refractivity contribution is 0.0880. The van der Waals surface area contributed by atoms with E-state index in [0.29, 0.717) is 13.1 Å². The molecular weight excluding hydrogens is 235 g/mol. The number of Topliss-reactive ketones (excluding diaryl/α,β-unsaturated/α-hetero) is 1. The summed E-state index contributed by atoms with van der Waals surface area (Å²) in [4.78, 5) is 17.8. The minimum absolute atomic E-state index is 0.0730. The van der Waals surface area contributed by atoms with Crippen LogP contribution in [0.3, 0.4) is 0 Å². The van der Waals surface area contributed by atoms with Crippen LogP contribution in [0.5, 0.6) is 0 Å². The molecule has 18 heavy (non-hydrogen) atoms. The van der Waals surface area contributed by atoms with E-state index in [1.165, 1.54) is 12.1 Å². The normalized spacial score (nSPS) is 12.7. The second-order valence-corrected chi connectivity index (χ2v) is 4.24. The van der Waals surface area contributed by atoms with Crippen LogP contribution in [0.25, 0.3) is 0 Å². The van der Waals surface area contributed by atoms with Crippen LogP contribution in [0.2, 0.25) is 0 Å². The highest BCUT2D eigenvalue weighted by atomic mass is 19.1. The van der Waals surface area contributed by atoms with E-state index in [0.717, 1.165) is 12.7 Å². The number of rotatable bonds is 7. The Kier molecular flexibility index (Phi) is 5.88. The Labute approximate surface area is 106 Å². The van der Waals surface area contributed by atoms with Crippen LogP contribution in [0.1, 0.15) is 24.3 Å². The molecule has 0 aliphatic carbocycles. The summed E-state index contributed by atoms with van der Waals surface area (Å²) in [5.41, 5.74) is 0.281. The topological polar surface area (TPSA) is 53.4 Å². The molecule has 0 saturated heterocycles. The lowest BCUT2D eigenvalue weighted by atomic mass is 10.0. The Morgan fingerprint density at radius 2 is 2.28 bits per heavy atom. The summed E-state index contributed by atoms with van der Waals surface area (Å²) in [5.74, 6) is -0.782. The van der Waals surface area contributed by atoms with Crippen LogP contribution in [0, 0.1) is 11.7 Å². The quantitative estimate of drug-likeness (QED) is 0.746. The molecule has 4 nitrogen and oxygen atoms in total. The Morgan fingerprint density at radius 1 is 1.56 bits per heavy atom. The van der Waals surface area contributed by atoms with Crippen molar-refractivity contribution in [2.45, 2.75) is 13.8 Å². The van der Waals surface area contributed by atoms with E-state index in [2.05, 4.69) is 4.98 Å². The number of aliphatic hydroxyl groups is 1. The summed E-state index contributed by atoms with van der Waals surface area (Å²) in [5, 5.41) is 8.89. The SMILES string of the molecule is CCN(CCO)CC(C)C(=O)c1ccc(F)cn1. The van der Waals surface area contributed by atoms with Crippen molar-refractivity contribution in [1.29, 1.82) is 0 Å². The minimum atomic E-state index is -0.449. The summed E-state index contributed by atoms with van der Waals surface area (Å²) >= 11 is 0. The highest BCUT2D eigenvalue weighted by Gasteiger charge is 2.18. The molecule has 0 radical (unpaired) electrons. The molecular formula is C13H19FN2O2. The average molecular weight is 254 g/mol. The van der Waals surface area contributed by atoms with Gasteiger partial charge in [0.05, 0.1) is 12.8 Å². The molecule has 0 spiro atoms. The van der Waals surface area contributed by atoms with Gasteiger partial charge in [-0.2, -0.15) is 0 Å². The number of hydrogen-bond acceptors (Lipinski definition) is 4. The lowest BCUT2D eigenvalue weighted by Crippen LogP contribution is -2.34. The molecule has 1 aromatic heterocycles. The van der Waals surface area contributed by atoms with Gasteiger partial charge in [-0.05, 0) is 18.7 Å². The predicted molar refractivity (Wildman–Crippen MR) is 66.9 cm³/mol. The zero-order chi connectivity index (χ0) is 13.5. The van der Waals surface area contributed by atoms with Crippen LogP contribution in [-0.4, -0.2) is 47.0 Å². The largest absolute Gasteiger partial charge is 0.395 e. The number of hydrogen-bond donors (Lipinski definition) is 1. The highest BCUT2D eigenvalue weighted by Crippen LogP contribution is 2.09. The molecule has 1 heterocycles. The van der Waals surface area contributed by atoms with E-state index in [1.807, 2.05) is 18.7 Å². The maximum atomic E-state index is 12.7. The molecule has 0 fully saturated rings. The van der Waals surface area contributed by atoms with E-state index in [1.54, 1.807) is 0 Å². The number of pyridine rings is 1. The van der Waals surface area contributed by atoms with Gasteiger partial charge in [0.1, 0.15) is 11.5 Å². The van der Waals surface area contributed by atoms with Crippen molar-refractivity contribution >= 4 is 5.78 Å². The van der Waals surface area contributed by atoms with Crippen molar-refractivity contribution in [3.05, 3.63) is 29.8 Å². The fourth-order valence-corrected chi connectivity index (χ4v) is 1.76. The van der Waals surface area contributed by atoms with E-state index in [4.69, 9.17) is 5.11 Å². The maximum Gasteiger partial charge on any atom is 0.185 e. The number of ketones is 1. The summed E-state index contributed by atoms with van der Waals surface area (Å²) in [6.45, 7) is 5.74. The van der Waals surface area contributed by atoms with Crippen molar-refractivity contribution in [3.63, 3.8) is 0 Å². The van der Waals surface area contributed by atoms with Gasteiger partial charge in [0.25, 0.3) is 0 Å². The van der Waals surface area contributed by atoms with Gasteiger partial charge in [0.15, 0.2) is 5.78 Å². The molecule has 0 bridgehead atoms. The number of nitrogens with zero attached hydrogens (tertiary/aromatic N) is 2. The smallest absolute Gasteiger partial charge is 0.185 e. The fourth-order valence-electron chi connectivity index (χ4n) is 1.76. The number of likely N-dealkylation sites (N-methyl/N-ethyl adjacent to an activating group) is 1. The first-order valence-electron chi connectivity index (χ1n) is 6.07. The first kappa shape index (κ1) is 14.7. The maximum absolute atomic E-state index is 12.7. The molecule has 1 atom stereocenters. The zero-order valence-corrected chi connectivity index (χ0v) is 10.8. The third-order valence-corrected chi connectivity index (χ3v) is 2.82. The van der Waals surface area contributed by atoms with E-state index in [-0.39, 0.29) is 24.0 Å². The number of carbonyl (C=O) groups is 1. The van der Waals surface area contributed by atoms with Crippen molar-refractivity contribution in [1.82, 2.24) is 9.88 Å². The van der Waals surface area contributed by atoms with E-state index < -0.39 is 5.82 Å². The molecule has 1 unspecified atom stereocenters. The van der Waals surface area contributed by atoms with Crippen molar-refractivity contribution < 1.29 is 14.3 Å². The fraction of sp³-hybridized carbons (Fsp3) is 0.538. The van der Waals surface area contributed by atoms with E-state index >= 15 is 0 Å². The average Bonchev–Trinajstić information content (AvgIpc) is 2.38. The third-order valence-electron chi connectivity index (χ3n) is 2.82. The Balaban J connectivity index is 2.63. The predicted octanol–water partition coefficient (Wildman–Crippen LogP) is 1.35. The summed E-state index contributed by atoms with van der Waals surface area (Å²) in [6, 6.07) is 2.63. The van der Waals surface area contributed by atoms with Gasteiger partial charge in [0, 0.05) is 19.0 Å². The van der Waals surface area contributed by atoms with Crippen molar-refractivity contribution in [2.75, 3.05) is 26.2 Å². The van der Waals surface area contributed by atoms with Gasteiger partial charge in [-0.25, -0.2) is 4.39 Å². The first-order chi connectivity index (χ1) is 8.58. The van der Waals surface area contributed by atoms with Gasteiger partial charge in [-0.3, -0.25) is 9.78 Å². The second kappa shape index (κ2) is 7.18. The molecule has 1 N–H and O–H groups in total. The molecule has 0 aromatic carbocycles. The molecule has 0 saturated carbocycles. The lowest BCUT2D eigenvalue weighted by Gasteiger charge is -2.22. The number of carbonyl (C=O) groups excluding carboxylic acids is 1. The van der Waals surface area contributed by atoms with Gasteiger partial charge >= 0.3 is 0 Å². The first-order valence-corrected chi connectivity index (χ1v) is 6.07. The minimum Gasteiger partial charge on any atom is -0.395 e. The molecule has 5 heteroatoms. The highest BCUT2D eigenvalue weighted by molar-refractivity contribution is 5.95. The molecule has 100 valence electrons. The molecule has 0 aliphatic heterocycles. The van der Waals surface area contributed by atoms with Gasteiger partial charge in [0.2, 0.25) is 0 Å². The second-order valence-electron chi connectivity index (χ2n) is 4.24. The molecule has 1 aromatic rings. The molecule has 0 amide bonds. The van der Waals surface area contributed by atoms with Crippen LogP contribution in [-0.2, 0) is 0 Å². The molecule has 0 aliphatic rings. The van der Waals surface area contributed by atoms with Crippen LogP contribution < -0.4 is 0 Å². The number of aliphatic hydroxyl groups excluding tert-OH is 1. The summed E-state index contributed by atoms with van der Waals surface area (Å²) in [6.07, 6.45) is 1.05. The molecule has 1 rings (SSSR count).